The first-order valence-corrected chi connectivity index (χ1v) is 6.07. The lowest BCUT2D eigenvalue weighted by Gasteiger charge is -2.16. The number of benzene rings is 1. The van der Waals surface area contributed by atoms with Crippen LogP contribution in [0.15, 0.2) is 18.2 Å². The van der Waals surface area contributed by atoms with Gasteiger partial charge in [-0.25, -0.2) is 4.79 Å². The Morgan fingerprint density at radius 2 is 1.86 bits per heavy atom. The van der Waals surface area contributed by atoms with Crippen molar-refractivity contribution in [1.29, 1.82) is 0 Å². The van der Waals surface area contributed by atoms with Crippen molar-refractivity contribution in [2.24, 2.45) is 0 Å². The first kappa shape index (κ1) is 15.7. The molecule has 9 heteroatoms. The Morgan fingerprint density at radius 1 is 1.23 bits per heavy atom. The van der Waals surface area contributed by atoms with Crippen molar-refractivity contribution in [2.75, 3.05) is 7.05 Å². The van der Waals surface area contributed by atoms with Gasteiger partial charge in [-0.05, 0) is 17.7 Å². The van der Waals surface area contributed by atoms with Crippen molar-refractivity contribution in [3.63, 3.8) is 0 Å². The van der Waals surface area contributed by atoms with Crippen LogP contribution in [0.1, 0.15) is 12.0 Å². The predicted molar refractivity (Wildman–Crippen MR) is 66.4 cm³/mol. The highest BCUT2D eigenvalue weighted by Crippen LogP contribution is 2.41. The average Bonchev–Trinajstić information content (AvgIpc) is 2.71. The van der Waals surface area contributed by atoms with E-state index >= 15 is 0 Å². The number of aliphatic carboxylic acids is 1. The number of hydrogen-bond donors (Lipinski definition) is 1. The van der Waals surface area contributed by atoms with Gasteiger partial charge in [0.15, 0.2) is 11.5 Å². The van der Waals surface area contributed by atoms with Crippen molar-refractivity contribution in [2.45, 2.75) is 19.3 Å². The van der Waals surface area contributed by atoms with E-state index in [0.29, 0.717) is 5.56 Å². The summed E-state index contributed by atoms with van der Waals surface area (Å²) in [4.78, 5) is 34.1. The molecule has 0 aliphatic carbocycles. The second-order valence-electron chi connectivity index (χ2n) is 4.60. The molecule has 118 valence electrons. The number of carbonyl (C=O) groups excluding carboxylic acids is 2. The largest absolute Gasteiger partial charge is 0.586 e. The summed E-state index contributed by atoms with van der Waals surface area (Å²) in [6, 6.07) is 4.00. The number of ether oxygens (including phenoxy) is 2. The quantitative estimate of drug-likeness (QED) is 0.644. The van der Waals surface area contributed by atoms with E-state index in [9.17, 15) is 23.2 Å². The van der Waals surface area contributed by atoms with E-state index in [4.69, 9.17) is 5.11 Å². The van der Waals surface area contributed by atoms with Gasteiger partial charge in [-0.15, -0.1) is 8.78 Å². The minimum atomic E-state index is -3.73. The molecule has 1 aromatic rings. The molecule has 0 radical (unpaired) electrons. The lowest BCUT2D eigenvalue weighted by molar-refractivity contribution is -0.286. The van der Waals surface area contributed by atoms with Crippen LogP contribution in [0.5, 0.6) is 11.5 Å². The number of amides is 1. The number of Topliss-reactive ketones (excluding diaryl/α,β-unsaturated/α-hetero) is 1. The zero-order valence-electron chi connectivity index (χ0n) is 11.3. The molecule has 0 aromatic heterocycles. The fourth-order valence-electron chi connectivity index (χ4n) is 1.80. The van der Waals surface area contributed by atoms with Gasteiger partial charge in [-0.3, -0.25) is 9.59 Å². The Labute approximate surface area is 123 Å². The molecule has 0 saturated carbocycles. The number of halogens is 2. The summed E-state index contributed by atoms with van der Waals surface area (Å²) in [6.45, 7) is -0.00601. The predicted octanol–water partition coefficient (Wildman–Crippen LogP) is 1.01. The second-order valence-corrected chi connectivity index (χ2v) is 4.60. The minimum absolute atomic E-state index is 0.00601. The summed E-state index contributed by atoms with van der Waals surface area (Å²) in [7, 11) is 1.36. The second kappa shape index (κ2) is 5.58. The van der Waals surface area contributed by atoms with Crippen molar-refractivity contribution in [1.82, 2.24) is 4.90 Å². The number of hydrogen-bond acceptors (Lipinski definition) is 5. The zero-order chi connectivity index (χ0) is 16.5. The van der Waals surface area contributed by atoms with Gasteiger partial charge in [0.2, 0.25) is 11.7 Å². The van der Waals surface area contributed by atoms with Crippen LogP contribution >= 0.6 is 0 Å². The van der Waals surface area contributed by atoms with E-state index in [-0.39, 0.29) is 18.0 Å². The molecule has 1 N–H and O–H groups in total. The van der Waals surface area contributed by atoms with Crippen molar-refractivity contribution in [3.8, 4) is 11.5 Å². The number of carboxylic acid groups (broad SMARTS) is 1. The van der Waals surface area contributed by atoms with Crippen LogP contribution in [-0.4, -0.2) is 41.0 Å². The molecular weight excluding hydrogens is 304 g/mol. The molecular formula is C13H11F2NO6. The lowest BCUT2D eigenvalue weighted by atomic mass is 10.2. The molecule has 0 fully saturated rings. The third-order valence-corrected chi connectivity index (χ3v) is 2.86. The summed E-state index contributed by atoms with van der Waals surface area (Å²) in [5.41, 5.74) is 0.457. The molecule has 0 spiro atoms. The average molecular weight is 315 g/mol. The van der Waals surface area contributed by atoms with Gasteiger partial charge in [-0.2, -0.15) is 0 Å². The van der Waals surface area contributed by atoms with Gasteiger partial charge in [0.05, 0.1) is 6.42 Å². The Bertz CT molecular complexity index is 645. The van der Waals surface area contributed by atoms with Crippen LogP contribution in [0.4, 0.5) is 8.78 Å². The Kier molecular flexibility index (Phi) is 3.98. The maximum atomic E-state index is 12.9. The van der Waals surface area contributed by atoms with Gasteiger partial charge in [0.25, 0.3) is 0 Å². The number of nitrogens with zero attached hydrogens (tertiary/aromatic N) is 1. The number of carboxylic acids is 1. The number of rotatable bonds is 5. The van der Waals surface area contributed by atoms with Crippen LogP contribution < -0.4 is 9.47 Å². The summed E-state index contributed by atoms with van der Waals surface area (Å²) in [5, 5.41) is 8.44. The SMILES string of the molecule is CN(Cc1ccc2c(c1)OC(F)(F)O2)C(=O)CC(=O)C(=O)O. The van der Waals surface area contributed by atoms with E-state index in [2.05, 4.69) is 9.47 Å². The highest BCUT2D eigenvalue weighted by atomic mass is 19.3. The number of fused-ring (bicyclic) bond motifs is 1. The van der Waals surface area contributed by atoms with Crippen LogP contribution in [0, 0.1) is 0 Å². The monoisotopic (exact) mass is 315 g/mol. The molecule has 1 aliphatic heterocycles. The summed E-state index contributed by atoms with van der Waals surface area (Å²) < 4.78 is 34.3. The molecule has 0 unspecified atom stereocenters. The van der Waals surface area contributed by atoms with Crippen LogP contribution in [0.3, 0.4) is 0 Å². The fraction of sp³-hybridized carbons (Fsp3) is 0.308. The lowest BCUT2D eigenvalue weighted by Crippen LogP contribution is -2.30. The first-order chi connectivity index (χ1) is 10.2. The molecule has 0 saturated heterocycles. The number of alkyl halides is 2. The van der Waals surface area contributed by atoms with E-state index in [0.717, 1.165) is 4.90 Å². The molecule has 1 aromatic carbocycles. The van der Waals surface area contributed by atoms with Crippen molar-refractivity contribution in [3.05, 3.63) is 23.8 Å². The van der Waals surface area contributed by atoms with Crippen molar-refractivity contribution >= 4 is 17.7 Å². The summed E-state index contributed by atoms with van der Waals surface area (Å²) >= 11 is 0. The Hall–Kier alpha value is -2.71. The van der Waals surface area contributed by atoms with Gasteiger partial charge in [-0.1, -0.05) is 6.07 Å². The maximum Gasteiger partial charge on any atom is 0.586 e. The van der Waals surface area contributed by atoms with Gasteiger partial charge in [0, 0.05) is 13.6 Å². The van der Waals surface area contributed by atoms with E-state index in [1.54, 1.807) is 0 Å². The van der Waals surface area contributed by atoms with Crippen LogP contribution in [0.25, 0.3) is 0 Å². The standard InChI is InChI=1S/C13H11F2NO6/c1-16(11(18)5-8(17)12(19)20)6-7-2-3-9-10(4-7)22-13(14,15)21-9/h2-4H,5-6H2,1H3,(H,19,20). The topological polar surface area (TPSA) is 93.1 Å². The third-order valence-electron chi connectivity index (χ3n) is 2.86. The molecule has 1 heterocycles. The number of ketones is 1. The van der Waals surface area contributed by atoms with Crippen LogP contribution in [0.2, 0.25) is 0 Å². The van der Waals surface area contributed by atoms with E-state index in [1.807, 2.05) is 0 Å². The first-order valence-electron chi connectivity index (χ1n) is 6.07. The van der Waals surface area contributed by atoms with Crippen molar-refractivity contribution < 1.29 is 37.7 Å². The smallest absolute Gasteiger partial charge is 0.475 e. The zero-order valence-corrected chi connectivity index (χ0v) is 11.3. The van der Waals surface area contributed by atoms with Crippen LogP contribution in [-0.2, 0) is 20.9 Å². The fourth-order valence-corrected chi connectivity index (χ4v) is 1.80. The van der Waals surface area contributed by atoms with E-state index in [1.165, 1.54) is 25.2 Å². The Balaban J connectivity index is 2.01. The molecule has 1 amide bonds. The molecule has 0 bridgehead atoms. The molecule has 22 heavy (non-hydrogen) atoms. The van der Waals surface area contributed by atoms with Gasteiger partial charge in [0.1, 0.15) is 0 Å². The highest BCUT2D eigenvalue weighted by Gasteiger charge is 2.43. The Morgan fingerprint density at radius 3 is 2.50 bits per heavy atom. The third kappa shape index (κ3) is 3.48. The van der Waals surface area contributed by atoms with Gasteiger partial charge < -0.3 is 19.5 Å². The molecule has 7 nitrogen and oxygen atoms in total. The molecule has 2 rings (SSSR count). The molecule has 1 aliphatic rings. The number of carbonyl (C=O) groups is 3. The normalized spacial score (nSPS) is 14.5. The van der Waals surface area contributed by atoms with Gasteiger partial charge >= 0.3 is 12.3 Å². The summed E-state index contributed by atoms with van der Waals surface area (Å²) in [6.07, 6.45) is -4.49. The molecule has 0 atom stereocenters. The maximum absolute atomic E-state index is 12.9. The summed E-state index contributed by atoms with van der Waals surface area (Å²) in [5.74, 6) is -3.89. The minimum Gasteiger partial charge on any atom is -0.475 e. The highest BCUT2D eigenvalue weighted by molar-refractivity contribution is 6.36. The van der Waals surface area contributed by atoms with E-state index < -0.39 is 30.4 Å².